The first-order valence-corrected chi connectivity index (χ1v) is 5.85. The lowest BCUT2D eigenvalue weighted by Gasteiger charge is -2.30. The Morgan fingerprint density at radius 3 is 3.06 bits per heavy atom. The van der Waals surface area contributed by atoms with E-state index in [1.54, 1.807) is 17.0 Å². The summed E-state index contributed by atoms with van der Waals surface area (Å²) in [7, 11) is 0. The van der Waals surface area contributed by atoms with Gasteiger partial charge in [0.1, 0.15) is 0 Å². The Morgan fingerprint density at radius 2 is 2.39 bits per heavy atom. The van der Waals surface area contributed by atoms with Crippen LogP contribution in [0.4, 0.5) is 5.69 Å². The maximum Gasteiger partial charge on any atom is 0.255 e. The third-order valence-electron chi connectivity index (χ3n) is 2.72. The molecule has 0 spiro atoms. The minimum Gasteiger partial charge on any atom is -0.399 e. The smallest absolute Gasteiger partial charge is 0.255 e. The normalized spacial score (nSPS) is 19.3. The van der Waals surface area contributed by atoms with Crippen LogP contribution in [0.1, 0.15) is 10.4 Å². The monoisotopic (exact) mass is 265 g/mol. The molecule has 1 atom stereocenters. The molecule has 1 aliphatic heterocycles. The maximum atomic E-state index is 12.2. The Kier molecular flexibility index (Phi) is 3.70. The minimum absolute atomic E-state index is 0.205. The lowest BCUT2D eigenvalue weighted by Crippen LogP contribution is -2.45. The molecule has 1 saturated heterocycles. The molecule has 0 bridgehead atoms. The molecule has 2 N–H and O–H groups in total. The van der Waals surface area contributed by atoms with Crippen LogP contribution in [0, 0.1) is 11.3 Å². The highest BCUT2D eigenvalue weighted by Crippen LogP contribution is 2.21. The summed E-state index contributed by atoms with van der Waals surface area (Å²) in [5.74, 6) is -0.205. The van der Waals surface area contributed by atoms with Crippen LogP contribution in [0.15, 0.2) is 18.2 Å². The quantitative estimate of drug-likeness (QED) is 0.776. The predicted octanol–water partition coefficient (Wildman–Crippen LogP) is 1.29. The largest absolute Gasteiger partial charge is 0.399 e. The fraction of sp³-hybridized carbons (Fsp3) is 0.333. The van der Waals surface area contributed by atoms with Gasteiger partial charge in [0.15, 0.2) is 6.10 Å². The number of morpholine rings is 1. The molecule has 6 heteroatoms. The van der Waals surface area contributed by atoms with E-state index < -0.39 is 6.10 Å². The Labute approximate surface area is 110 Å². The van der Waals surface area contributed by atoms with Gasteiger partial charge in [0.2, 0.25) is 0 Å². The van der Waals surface area contributed by atoms with E-state index in [1.165, 1.54) is 6.07 Å². The molecule has 0 aliphatic carbocycles. The van der Waals surface area contributed by atoms with Gasteiger partial charge in [-0.1, -0.05) is 11.6 Å². The Hall–Kier alpha value is -1.77. The van der Waals surface area contributed by atoms with Gasteiger partial charge in [-0.3, -0.25) is 4.79 Å². The summed E-state index contributed by atoms with van der Waals surface area (Å²) in [6, 6.07) is 6.75. The van der Waals surface area contributed by atoms with Crippen molar-refractivity contribution in [1.82, 2.24) is 4.90 Å². The molecule has 0 saturated carbocycles. The fourth-order valence-electron chi connectivity index (χ4n) is 1.79. The molecular formula is C12H12ClN3O2. The molecule has 94 valence electrons. The summed E-state index contributed by atoms with van der Waals surface area (Å²) in [5, 5.41) is 9.12. The average molecular weight is 266 g/mol. The average Bonchev–Trinajstić information content (AvgIpc) is 2.38. The number of carbonyl (C=O) groups excluding carboxylic acids is 1. The van der Waals surface area contributed by atoms with Crippen molar-refractivity contribution in [2.24, 2.45) is 0 Å². The lowest BCUT2D eigenvalue weighted by molar-refractivity contribution is 0.00347. The van der Waals surface area contributed by atoms with Gasteiger partial charge in [0.25, 0.3) is 5.91 Å². The Balaban J connectivity index is 2.18. The number of rotatable bonds is 1. The molecule has 1 unspecified atom stereocenters. The first-order valence-electron chi connectivity index (χ1n) is 5.47. The molecule has 0 aromatic heterocycles. The van der Waals surface area contributed by atoms with Crippen LogP contribution in [0.2, 0.25) is 5.02 Å². The van der Waals surface area contributed by atoms with Crippen LogP contribution in [-0.2, 0) is 4.74 Å². The zero-order valence-electron chi connectivity index (χ0n) is 9.60. The van der Waals surface area contributed by atoms with Gasteiger partial charge in [-0.2, -0.15) is 5.26 Å². The number of carbonyl (C=O) groups is 1. The highest BCUT2D eigenvalue weighted by molar-refractivity contribution is 6.34. The number of nitrogens with zero attached hydrogens (tertiary/aromatic N) is 2. The van der Waals surface area contributed by atoms with Gasteiger partial charge in [0, 0.05) is 12.2 Å². The molecule has 1 aliphatic rings. The second-order valence-corrected chi connectivity index (χ2v) is 4.39. The molecule has 5 nitrogen and oxygen atoms in total. The zero-order valence-corrected chi connectivity index (χ0v) is 10.4. The Bertz CT molecular complexity index is 513. The predicted molar refractivity (Wildman–Crippen MR) is 67.1 cm³/mol. The second kappa shape index (κ2) is 5.25. The standard InChI is InChI=1S/C12H12ClN3O2/c13-11-5-8(15)1-2-10(11)12(17)16-3-4-18-9(6-14)7-16/h1-2,5,9H,3-4,7,15H2. The van der Waals surface area contributed by atoms with Crippen molar-refractivity contribution in [3.8, 4) is 6.07 Å². The molecule has 1 heterocycles. The van der Waals surface area contributed by atoms with E-state index >= 15 is 0 Å². The number of benzene rings is 1. The van der Waals surface area contributed by atoms with Crippen molar-refractivity contribution < 1.29 is 9.53 Å². The molecule has 0 radical (unpaired) electrons. The van der Waals surface area contributed by atoms with E-state index in [-0.39, 0.29) is 12.5 Å². The highest BCUT2D eigenvalue weighted by atomic mass is 35.5. The van der Waals surface area contributed by atoms with E-state index in [0.29, 0.717) is 29.4 Å². The summed E-state index contributed by atoms with van der Waals surface area (Å²) >= 11 is 5.99. The first-order chi connectivity index (χ1) is 8.61. The van der Waals surface area contributed by atoms with Crippen molar-refractivity contribution in [2.45, 2.75) is 6.10 Å². The van der Waals surface area contributed by atoms with Gasteiger partial charge in [-0.05, 0) is 18.2 Å². The summed E-state index contributed by atoms with van der Waals surface area (Å²) in [4.78, 5) is 13.8. The molecule has 1 aromatic carbocycles. The molecule has 1 aromatic rings. The third kappa shape index (κ3) is 2.55. The molecule has 2 rings (SSSR count). The molecular weight excluding hydrogens is 254 g/mol. The molecule has 1 amide bonds. The minimum atomic E-state index is -0.574. The topological polar surface area (TPSA) is 79.4 Å². The number of nitrogens with two attached hydrogens (primary N) is 1. The van der Waals surface area contributed by atoms with Crippen LogP contribution in [-0.4, -0.2) is 36.6 Å². The number of amides is 1. The van der Waals surface area contributed by atoms with Crippen molar-refractivity contribution in [1.29, 1.82) is 5.26 Å². The van der Waals surface area contributed by atoms with Crippen LogP contribution in [0.25, 0.3) is 0 Å². The highest BCUT2D eigenvalue weighted by Gasteiger charge is 2.25. The lowest BCUT2D eigenvalue weighted by atomic mass is 10.1. The number of ether oxygens (including phenoxy) is 1. The number of halogens is 1. The van der Waals surface area contributed by atoms with Crippen molar-refractivity contribution in [2.75, 3.05) is 25.4 Å². The summed E-state index contributed by atoms with van der Waals surface area (Å²) in [6.45, 7) is 1.07. The van der Waals surface area contributed by atoms with E-state index in [1.807, 2.05) is 6.07 Å². The number of nitrogen functional groups attached to an aromatic ring is 1. The zero-order chi connectivity index (χ0) is 13.1. The SMILES string of the molecule is N#CC1CN(C(=O)c2ccc(N)cc2Cl)CCO1. The van der Waals surface area contributed by atoms with Crippen LogP contribution in [0.3, 0.4) is 0 Å². The van der Waals surface area contributed by atoms with Crippen molar-refractivity contribution in [3.05, 3.63) is 28.8 Å². The van der Waals surface area contributed by atoms with Gasteiger partial charge >= 0.3 is 0 Å². The van der Waals surface area contributed by atoms with Gasteiger partial charge in [-0.15, -0.1) is 0 Å². The van der Waals surface area contributed by atoms with E-state index in [2.05, 4.69) is 0 Å². The van der Waals surface area contributed by atoms with Crippen LogP contribution < -0.4 is 5.73 Å². The summed E-state index contributed by atoms with van der Waals surface area (Å²) < 4.78 is 5.18. The van der Waals surface area contributed by atoms with Crippen LogP contribution in [0.5, 0.6) is 0 Å². The van der Waals surface area contributed by atoms with E-state index in [0.717, 1.165) is 0 Å². The van der Waals surface area contributed by atoms with Gasteiger partial charge in [-0.25, -0.2) is 0 Å². The number of nitriles is 1. The van der Waals surface area contributed by atoms with Crippen molar-refractivity contribution in [3.63, 3.8) is 0 Å². The van der Waals surface area contributed by atoms with E-state index in [9.17, 15) is 4.79 Å². The molecule has 1 fully saturated rings. The Morgan fingerprint density at radius 1 is 1.61 bits per heavy atom. The number of anilines is 1. The van der Waals surface area contributed by atoms with Gasteiger partial charge in [0.05, 0.1) is 29.8 Å². The number of hydrogen-bond donors (Lipinski definition) is 1. The van der Waals surface area contributed by atoms with Crippen molar-refractivity contribution >= 4 is 23.2 Å². The van der Waals surface area contributed by atoms with Gasteiger partial charge < -0.3 is 15.4 Å². The fourth-order valence-corrected chi connectivity index (χ4v) is 2.06. The van der Waals surface area contributed by atoms with E-state index in [4.69, 9.17) is 27.3 Å². The summed E-state index contributed by atoms with van der Waals surface area (Å²) in [6.07, 6.45) is -0.574. The number of hydrogen-bond acceptors (Lipinski definition) is 4. The second-order valence-electron chi connectivity index (χ2n) is 3.98. The third-order valence-corrected chi connectivity index (χ3v) is 3.03. The molecule has 18 heavy (non-hydrogen) atoms. The summed E-state index contributed by atoms with van der Waals surface area (Å²) in [5.41, 5.74) is 6.48. The van der Waals surface area contributed by atoms with Crippen LogP contribution >= 0.6 is 11.6 Å². The maximum absolute atomic E-state index is 12.2. The first kappa shape index (κ1) is 12.7.